The molecule has 0 saturated carbocycles. The Hall–Kier alpha value is -3.83. The third-order valence-electron chi connectivity index (χ3n) is 4.29. The van der Waals surface area contributed by atoms with E-state index in [1.54, 1.807) is 36.5 Å². The number of carbonyl (C=O) groups excluding carboxylic acids is 2. The molecule has 1 unspecified atom stereocenters. The first-order chi connectivity index (χ1) is 13.5. The Kier molecular flexibility index (Phi) is 5.58. The van der Waals surface area contributed by atoms with Gasteiger partial charge in [-0.25, -0.2) is 4.39 Å². The van der Waals surface area contributed by atoms with E-state index in [4.69, 9.17) is 5.53 Å². The fourth-order valence-corrected chi connectivity index (χ4v) is 3.05. The predicted molar refractivity (Wildman–Crippen MR) is 102 cm³/mol. The van der Waals surface area contributed by atoms with E-state index in [9.17, 15) is 14.0 Å². The van der Waals surface area contributed by atoms with Gasteiger partial charge in [0.05, 0.1) is 11.6 Å². The van der Waals surface area contributed by atoms with Gasteiger partial charge in [-0.05, 0) is 64.6 Å². The van der Waals surface area contributed by atoms with Crippen LogP contribution in [-0.2, 0) is 4.79 Å². The molecule has 0 aliphatic heterocycles. The van der Waals surface area contributed by atoms with Crippen LogP contribution in [0.1, 0.15) is 34.5 Å². The lowest BCUT2D eigenvalue weighted by Crippen LogP contribution is -2.13. The van der Waals surface area contributed by atoms with Gasteiger partial charge in [0.1, 0.15) is 11.6 Å². The molecule has 1 amide bonds. The first-order valence-corrected chi connectivity index (χ1v) is 8.42. The lowest BCUT2D eigenvalue weighted by atomic mass is 9.88. The highest BCUT2D eigenvalue weighted by atomic mass is 19.1. The number of azide groups is 1. The molecule has 0 spiro atoms. The number of carbonyl (C=O) groups is 2. The Balaban J connectivity index is 2.18. The van der Waals surface area contributed by atoms with Gasteiger partial charge >= 0.3 is 0 Å². The van der Waals surface area contributed by atoms with Crippen molar-refractivity contribution in [2.45, 2.75) is 12.8 Å². The molecule has 0 aliphatic carbocycles. The molecule has 6 nitrogen and oxygen atoms in total. The molecule has 3 aromatic rings. The summed E-state index contributed by atoms with van der Waals surface area (Å²) in [6.45, 7) is 1.45. The zero-order chi connectivity index (χ0) is 20.1. The summed E-state index contributed by atoms with van der Waals surface area (Å²) in [6, 6.07) is 15.7. The van der Waals surface area contributed by atoms with E-state index in [0.29, 0.717) is 22.4 Å². The Morgan fingerprint density at radius 3 is 2.46 bits per heavy atom. The van der Waals surface area contributed by atoms with Gasteiger partial charge in [0.25, 0.3) is 0 Å². The average Bonchev–Trinajstić information content (AvgIpc) is 2.69. The lowest BCUT2D eigenvalue weighted by Gasteiger charge is -2.16. The number of pyridine rings is 1. The maximum absolute atomic E-state index is 13.3. The predicted octanol–water partition coefficient (Wildman–Crippen LogP) is 5.06. The fraction of sp³-hybridized carbons (Fsp3) is 0.0952. The second-order valence-corrected chi connectivity index (χ2v) is 6.10. The SMILES string of the molecule is CC(=O)C(c1ccc(-c2ccc(F)cc2)c(C(=O)N=[N+]=[N-])c1)c1ccccn1. The molecule has 3 rings (SSSR count). The first-order valence-electron chi connectivity index (χ1n) is 8.42. The summed E-state index contributed by atoms with van der Waals surface area (Å²) >= 11 is 0. The van der Waals surface area contributed by atoms with Gasteiger partial charge in [0.15, 0.2) is 0 Å². The van der Waals surface area contributed by atoms with E-state index in [1.807, 2.05) is 0 Å². The quantitative estimate of drug-likeness (QED) is 0.355. The number of amides is 1. The highest BCUT2D eigenvalue weighted by Crippen LogP contribution is 2.31. The van der Waals surface area contributed by atoms with Gasteiger partial charge in [-0.2, -0.15) is 0 Å². The standard InChI is InChI=1S/C21H15FN4O2/c1-13(27)20(19-4-2-3-11-24-19)15-7-10-17(14-5-8-16(22)9-6-14)18(12-15)21(28)25-26-23/h2-12,20H,1H3. The summed E-state index contributed by atoms with van der Waals surface area (Å²) in [5.74, 6) is -2.00. The van der Waals surface area contributed by atoms with Crippen LogP contribution in [-0.4, -0.2) is 16.7 Å². The number of rotatable bonds is 5. The number of hydrogen-bond acceptors (Lipinski definition) is 3. The number of hydrogen-bond donors (Lipinski definition) is 0. The number of halogens is 1. The van der Waals surface area contributed by atoms with E-state index < -0.39 is 17.6 Å². The molecule has 0 N–H and O–H groups in total. The maximum atomic E-state index is 13.3. The van der Waals surface area contributed by atoms with Crippen molar-refractivity contribution in [3.8, 4) is 11.1 Å². The van der Waals surface area contributed by atoms with Crippen LogP contribution in [0.4, 0.5) is 4.39 Å². The van der Waals surface area contributed by atoms with Crippen LogP contribution >= 0.6 is 0 Å². The monoisotopic (exact) mass is 374 g/mol. The molecule has 7 heteroatoms. The number of Topliss-reactive ketones (excluding diaryl/α,β-unsaturated/α-hetero) is 1. The van der Waals surface area contributed by atoms with Crippen LogP contribution in [0.15, 0.2) is 72.0 Å². The fourth-order valence-electron chi connectivity index (χ4n) is 3.05. The van der Waals surface area contributed by atoms with Gasteiger partial charge in [-0.1, -0.05) is 30.3 Å². The van der Waals surface area contributed by atoms with Crippen LogP contribution < -0.4 is 0 Å². The van der Waals surface area contributed by atoms with Crippen molar-refractivity contribution in [2.24, 2.45) is 5.11 Å². The van der Waals surface area contributed by atoms with Gasteiger partial charge < -0.3 is 0 Å². The van der Waals surface area contributed by atoms with Crippen molar-refractivity contribution in [1.29, 1.82) is 0 Å². The molecular weight excluding hydrogens is 359 g/mol. The minimum atomic E-state index is -0.785. The molecule has 1 heterocycles. The minimum absolute atomic E-state index is 0.129. The zero-order valence-corrected chi connectivity index (χ0v) is 14.9. The van der Waals surface area contributed by atoms with Crippen molar-refractivity contribution in [2.75, 3.05) is 0 Å². The van der Waals surface area contributed by atoms with Gasteiger partial charge in [0.2, 0.25) is 5.91 Å². The molecule has 138 valence electrons. The van der Waals surface area contributed by atoms with Crippen molar-refractivity contribution in [1.82, 2.24) is 4.98 Å². The normalized spacial score (nSPS) is 11.4. The van der Waals surface area contributed by atoms with E-state index in [0.717, 1.165) is 0 Å². The molecule has 28 heavy (non-hydrogen) atoms. The van der Waals surface area contributed by atoms with Crippen LogP contribution in [0.2, 0.25) is 0 Å². The molecule has 0 aliphatic rings. The van der Waals surface area contributed by atoms with Crippen LogP contribution in [0, 0.1) is 5.82 Å². The van der Waals surface area contributed by atoms with E-state index in [1.165, 1.54) is 37.3 Å². The summed E-state index contributed by atoms with van der Waals surface area (Å²) < 4.78 is 13.3. The number of ketones is 1. The highest BCUT2D eigenvalue weighted by Gasteiger charge is 2.23. The Bertz CT molecular complexity index is 1080. The average molecular weight is 374 g/mol. The summed E-state index contributed by atoms with van der Waals surface area (Å²) in [4.78, 5) is 31.5. The van der Waals surface area contributed by atoms with Crippen molar-refractivity contribution >= 4 is 11.7 Å². The Morgan fingerprint density at radius 1 is 1.11 bits per heavy atom. The molecular formula is C21H15FN4O2. The number of nitrogens with zero attached hydrogens (tertiary/aromatic N) is 4. The van der Waals surface area contributed by atoms with Crippen molar-refractivity contribution in [3.63, 3.8) is 0 Å². The molecule has 2 aromatic carbocycles. The smallest absolute Gasteiger partial charge is 0.249 e. The largest absolute Gasteiger partial charge is 0.299 e. The van der Waals surface area contributed by atoms with Crippen LogP contribution in [0.25, 0.3) is 21.6 Å². The topological polar surface area (TPSA) is 95.8 Å². The molecule has 1 aromatic heterocycles. The minimum Gasteiger partial charge on any atom is -0.299 e. The van der Waals surface area contributed by atoms with E-state index >= 15 is 0 Å². The van der Waals surface area contributed by atoms with E-state index in [-0.39, 0.29) is 11.3 Å². The van der Waals surface area contributed by atoms with E-state index in [2.05, 4.69) is 15.0 Å². The third kappa shape index (κ3) is 3.95. The maximum Gasteiger partial charge on any atom is 0.249 e. The van der Waals surface area contributed by atoms with Crippen LogP contribution in [0.3, 0.4) is 0 Å². The molecule has 0 fully saturated rings. The number of benzene rings is 2. The van der Waals surface area contributed by atoms with Gasteiger partial charge in [0, 0.05) is 16.7 Å². The molecule has 1 atom stereocenters. The van der Waals surface area contributed by atoms with Crippen LogP contribution in [0.5, 0.6) is 0 Å². The lowest BCUT2D eigenvalue weighted by molar-refractivity contribution is -0.117. The highest BCUT2D eigenvalue weighted by molar-refractivity contribution is 6.02. The third-order valence-corrected chi connectivity index (χ3v) is 4.29. The zero-order valence-electron chi connectivity index (χ0n) is 14.9. The van der Waals surface area contributed by atoms with Crippen molar-refractivity contribution in [3.05, 3.63) is 99.9 Å². The summed E-state index contributed by atoms with van der Waals surface area (Å²) in [5, 5.41) is 3.18. The molecule has 0 bridgehead atoms. The Morgan fingerprint density at radius 2 is 1.86 bits per heavy atom. The van der Waals surface area contributed by atoms with Crippen molar-refractivity contribution < 1.29 is 14.0 Å². The second kappa shape index (κ2) is 8.24. The van der Waals surface area contributed by atoms with Gasteiger partial charge in [-0.3, -0.25) is 14.6 Å². The first kappa shape index (κ1) is 18.9. The molecule has 0 radical (unpaired) electrons. The second-order valence-electron chi connectivity index (χ2n) is 6.10. The summed E-state index contributed by atoms with van der Waals surface area (Å²) in [5.41, 5.74) is 11.0. The summed E-state index contributed by atoms with van der Waals surface area (Å²) in [7, 11) is 0. The number of aromatic nitrogens is 1. The summed E-state index contributed by atoms with van der Waals surface area (Å²) in [6.07, 6.45) is 1.59. The van der Waals surface area contributed by atoms with Gasteiger partial charge in [-0.15, -0.1) is 0 Å². The Labute approximate surface area is 160 Å². The molecule has 0 saturated heterocycles.